The lowest BCUT2D eigenvalue weighted by Gasteiger charge is -2.10. The summed E-state index contributed by atoms with van der Waals surface area (Å²) in [5.74, 6) is 0.0214. The summed E-state index contributed by atoms with van der Waals surface area (Å²) in [5.41, 5.74) is 4.21. The van der Waals surface area contributed by atoms with Gasteiger partial charge in [0.2, 0.25) is 0 Å². The van der Waals surface area contributed by atoms with E-state index in [1.807, 2.05) is 18.2 Å². The molecular formula is C17H23N3O. The third-order valence-electron chi connectivity index (χ3n) is 4.51. The first kappa shape index (κ1) is 14.1. The largest absolute Gasteiger partial charge is 0.358 e. The van der Waals surface area contributed by atoms with Crippen LogP contribution in [0.4, 0.5) is 0 Å². The monoisotopic (exact) mass is 285 g/mol. The van der Waals surface area contributed by atoms with E-state index in [1.54, 1.807) is 0 Å². The number of carbonyl (C=O) groups excluding carboxylic acids is 1. The summed E-state index contributed by atoms with van der Waals surface area (Å²) in [6, 6.07) is 6.43. The number of nitrogens with one attached hydrogen (secondary N) is 3. The quantitative estimate of drug-likeness (QED) is 0.809. The number of amides is 1. The molecule has 1 aromatic carbocycles. The van der Waals surface area contributed by atoms with Gasteiger partial charge in [0.15, 0.2) is 0 Å². The van der Waals surface area contributed by atoms with Crippen molar-refractivity contribution in [3.8, 4) is 0 Å². The number of aromatic amines is 1. The van der Waals surface area contributed by atoms with Crippen molar-refractivity contribution < 1.29 is 4.79 Å². The predicted octanol–water partition coefficient (Wildman–Crippen LogP) is 2.66. The van der Waals surface area contributed by atoms with E-state index in [9.17, 15) is 4.79 Å². The molecule has 1 fully saturated rings. The van der Waals surface area contributed by atoms with Gasteiger partial charge in [0.25, 0.3) is 5.91 Å². The lowest BCUT2D eigenvalue weighted by Crippen LogP contribution is -2.30. The third kappa shape index (κ3) is 2.95. The van der Waals surface area contributed by atoms with Crippen molar-refractivity contribution in [2.45, 2.75) is 39.2 Å². The highest BCUT2D eigenvalue weighted by Crippen LogP contribution is 2.22. The summed E-state index contributed by atoms with van der Waals surface area (Å²) in [6.45, 7) is 5.99. The van der Waals surface area contributed by atoms with Crippen molar-refractivity contribution in [2.24, 2.45) is 0 Å². The molecule has 1 atom stereocenters. The number of carbonyl (C=O) groups is 1. The van der Waals surface area contributed by atoms with Crippen LogP contribution in [0.2, 0.25) is 0 Å². The average molecular weight is 285 g/mol. The Morgan fingerprint density at radius 2 is 2.24 bits per heavy atom. The van der Waals surface area contributed by atoms with Gasteiger partial charge in [0.1, 0.15) is 0 Å². The standard InChI is InChI=1S/C17H23N3O/c1-11-12(2)20-16-6-5-13(10-15(11)16)17(21)19-9-7-14-4-3-8-18-14/h5-6,10,14,18,20H,3-4,7-9H2,1-2H3,(H,19,21). The van der Waals surface area contributed by atoms with Crippen molar-refractivity contribution in [3.63, 3.8) is 0 Å². The van der Waals surface area contributed by atoms with Crippen LogP contribution in [-0.4, -0.2) is 30.0 Å². The van der Waals surface area contributed by atoms with Crippen molar-refractivity contribution in [3.05, 3.63) is 35.0 Å². The van der Waals surface area contributed by atoms with E-state index in [0.717, 1.165) is 41.7 Å². The number of hydrogen-bond acceptors (Lipinski definition) is 2. The van der Waals surface area contributed by atoms with Crippen molar-refractivity contribution >= 4 is 16.8 Å². The van der Waals surface area contributed by atoms with Crippen LogP contribution in [0.15, 0.2) is 18.2 Å². The van der Waals surface area contributed by atoms with Crippen LogP contribution >= 0.6 is 0 Å². The van der Waals surface area contributed by atoms with E-state index in [4.69, 9.17) is 0 Å². The number of aryl methyl sites for hydroxylation is 2. The minimum atomic E-state index is 0.0214. The van der Waals surface area contributed by atoms with Crippen LogP contribution in [0.5, 0.6) is 0 Å². The highest BCUT2D eigenvalue weighted by molar-refractivity contribution is 5.99. The second kappa shape index (κ2) is 5.90. The molecule has 1 aromatic heterocycles. The Morgan fingerprint density at radius 3 is 3.00 bits per heavy atom. The van der Waals surface area contributed by atoms with Gasteiger partial charge in [-0.3, -0.25) is 4.79 Å². The zero-order valence-electron chi connectivity index (χ0n) is 12.8. The predicted molar refractivity (Wildman–Crippen MR) is 85.7 cm³/mol. The molecule has 4 nitrogen and oxygen atoms in total. The Bertz CT molecular complexity index is 653. The minimum Gasteiger partial charge on any atom is -0.358 e. The molecule has 1 unspecified atom stereocenters. The van der Waals surface area contributed by atoms with Gasteiger partial charge in [-0.15, -0.1) is 0 Å². The Morgan fingerprint density at radius 1 is 1.38 bits per heavy atom. The first-order valence-electron chi connectivity index (χ1n) is 7.75. The highest BCUT2D eigenvalue weighted by Gasteiger charge is 2.14. The molecule has 0 spiro atoms. The minimum absolute atomic E-state index is 0.0214. The zero-order chi connectivity index (χ0) is 14.8. The molecule has 21 heavy (non-hydrogen) atoms. The van der Waals surface area contributed by atoms with E-state index in [-0.39, 0.29) is 5.91 Å². The number of fused-ring (bicyclic) bond motifs is 1. The molecule has 3 rings (SSSR count). The van der Waals surface area contributed by atoms with E-state index in [1.165, 1.54) is 18.4 Å². The third-order valence-corrected chi connectivity index (χ3v) is 4.51. The molecule has 4 heteroatoms. The normalized spacial score (nSPS) is 18.3. The second-order valence-electron chi connectivity index (χ2n) is 5.97. The van der Waals surface area contributed by atoms with Crippen LogP contribution in [0.3, 0.4) is 0 Å². The molecule has 1 amide bonds. The van der Waals surface area contributed by atoms with Crippen molar-refractivity contribution in [2.75, 3.05) is 13.1 Å². The van der Waals surface area contributed by atoms with Crippen LogP contribution in [0.1, 0.15) is 40.9 Å². The van der Waals surface area contributed by atoms with Crippen molar-refractivity contribution in [1.82, 2.24) is 15.6 Å². The van der Waals surface area contributed by atoms with Crippen LogP contribution in [0.25, 0.3) is 10.9 Å². The maximum absolute atomic E-state index is 12.2. The van der Waals surface area contributed by atoms with Gasteiger partial charge in [0.05, 0.1) is 0 Å². The summed E-state index contributed by atoms with van der Waals surface area (Å²) in [4.78, 5) is 15.6. The van der Waals surface area contributed by atoms with Crippen molar-refractivity contribution in [1.29, 1.82) is 0 Å². The van der Waals surface area contributed by atoms with Gasteiger partial charge in [0, 0.05) is 34.7 Å². The number of H-pyrrole nitrogens is 1. The molecule has 1 aliphatic heterocycles. The maximum atomic E-state index is 12.2. The van der Waals surface area contributed by atoms with E-state index >= 15 is 0 Å². The van der Waals surface area contributed by atoms with Gasteiger partial charge in [-0.2, -0.15) is 0 Å². The molecule has 2 heterocycles. The summed E-state index contributed by atoms with van der Waals surface area (Å²) in [7, 11) is 0. The molecule has 0 aliphatic carbocycles. The Hall–Kier alpha value is -1.81. The van der Waals surface area contributed by atoms with E-state index < -0.39 is 0 Å². The van der Waals surface area contributed by atoms with Gasteiger partial charge < -0.3 is 15.6 Å². The topological polar surface area (TPSA) is 56.9 Å². The van der Waals surface area contributed by atoms with Crippen LogP contribution in [-0.2, 0) is 0 Å². The summed E-state index contributed by atoms with van der Waals surface area (Å²) < 4.78 is 0. The lowest BCUT2D eigenvalue weighted by atomic mass is 10.1. The first-order chi connectivity index (χ1) is 10.1. The Labute approximate surface area is 125 Å². The maximum Gasteiger partial charge on any atom is 0.251 e. The molecule has 0 saturated carbocycles. The number of hydrogen-bond donors (Lipinski definition) is 3. The fourth-order valence-electron chi connectivity index (χ4n) is 3.07. The summed E-state index contributed by atoms with van der Waals surface area (Å²) >= 11 is 0. The summed E-state index contributed by atoms with van der Waals surface area (Å²) in [5, 5.41) is 7.61. The fraction of sp³-hybridized carbons (Fsp3) is 0.471. The Kier molecular flexibility index (Phi) is 3.97. The molecule has 1 aliphatic rings. The zero-order valence-corrected chi connectivity index (χ0v) is 12.8. The fourth-order valence-corrected chi connectivity index (χ4v) is 3.07. The van der Waals surface area contributed by atoms with Gasteiger partial charge >= 0.3 is 0 Å². The van der Waals surface area contributed by atoms with Gasteiger partial charge in [-0.05, 0) is 63.4 Å². The van der Waals surface area contributed by atoms with Gasteiger partial charge in [-0.25, -0.2) is 0 Å². The molecule has 112 valence electrons. The number of aromatic nitrogens is 1. The van der Waals surface area contributed by atoms with Crippen LogP contribution < -0.4 is 10.6 Å². The molecule has 0 radical (unpaired) electrons. The smallest absolute Gasteiger partial charge is 0.251 e. The molecule has 1 saturated heterocycles. The first-order valence-corrected chi connectivity index (χ1v) is 7.75. The summed E-state index contributed by atoms with van der Waals surface area (Å²) in [6.07, 6.45) is 3.49. The number of benzene rings is 1. The molecule has 2 aromatic rings. The highest BCUT2D eigenvalue weighted by atomic mass is 16.1. The Balaban J connectivity index is 1.65. The SMILES string of the molecule is Cc1[nH]c2ccc(C(=O)NCCC3CCCN3)cc2c1C. The lowest BCUT2D eigenvalue weighted by molar-refractivity contribution is 0.0952. The average Bonchev–Trinajstić information content (AvgIpc) is 3.08. The van der Waals surface area contributed by atoms with Gasteiger partial charge in [-0.1, -0.05) is 0 Å². The molecular weight excluding hydrogens is 262 g/mol. The molecule has 0 bridgehead atoms. The molecule has 3 N–H and O–H groups in total. The second-order valence-corrected chi connectivity index (χ2v) is 5.97. The van der Waals surface area contributed by atoms with E-state index in [2.05, 4.69) is 29.5 Å². The van der Waals surface area contributed by atoms with Crippen LogP contribution in [0, 0.1) is 13.8 Å². The number of rotatable bonds is 4. The van der Waals surface area contributed by atoms with E-state index in [0.29, 0.717) is 6.04 Å².